The van der Waals surface area contributed by atoms with Crippen molar-refractivity contribution in [3.05, 3.63) is 0 Å². The van der Waals surface area contributed by atoms with Gasteiger partial charge in [-0.2, -0.15) is 0 Å². The summed E-state index contributed by atoms with van der Waals surface area (Å²) >= 11 is 0. The highest BCUT2D eigenvalue weighted by Gasteiger charge is 2.42. The van der Waals surface area contributed by atoms with Gasteiger partial charge in [-0.05, 0) is 6.42 Å². The molecular weight excluding hydrogens is 174 g/mol. The van der Waals surface area contributed by atoms with Crippen molar-refractivity contribution in [2.75, 3.05) is 19.7 Å². The summed E-state index contributed by atoms with van der Waals surface area (Å²) in [5.41, 5.74) is 0. The Labute approximate surface area is 76.5 Å². The van der Waals surface area contributed by atoms with Crippen LogP contribution < -0.4 is 0 Å². The number of hydrogen-bond donors (Lipinski definition) is 3. The lowest BCUT2D eigenvalue weighted by Crippen LogP contribution is -2.63. The van der Waals surface area contributed by atoms with Gasteiger partial charge in [0.25, 0.3) is 0 Å². The van der Waals surface area contributed by atoms with E-state index in [9.17, 15) is 15.3 Å². The smallest absolute Gasteiger partial charge is 0.139 e. The van der Waals surface area contributed by atoms with E-state index >= 15 is 0 Å². The largest absolute Gasteiger partial charge is 0.389 e. The summed E-state index contributed by atoms with van der Waals surface area (Å²) in [6.45, 7) is 1.80. The average Bonchev–Trinajstić information content (AvgIpc) is 2.15. The van der Waals surface area contributed by atoms with E-state index in [0.717, 1.165) is 13.0 Å². The maximum absolute atomic E-state index is 9.57. The van der Waals surface area contributed by atoms with E-state index in [-0.39, 0.29) is 0 Å². The predicted molar refractivity (Wildman–Crippen MR) is 44.0 cm³/mol. The summed E-state index contributed by atoms with van der Waals surface area (Å²) in [5.74, 6) is 0. The van der Waals surface area contributed by atoms with E-state index < -0.39 is 24.5 Å². The highest BCUT2D eigenvalue weighted by atomic mass is 16.5. The van der Waals surface area contributed by atoms with Gasteiger partial charge in [-0.3, -0.25) is 4.90 Å². The van der Waals surface area contributed by atoms with Gasteiger partial charge in [0.2, 0.25) is 0 Å². The minimum Gasteiger partial charge on any atom is -0.389 e. The van der Waals surface area contributed by atoms with Gasteiger partial charge < -0.3 is 20.1 Å². The summed E-state index contributed by atoms with van der Waals surface area (Å²) in [4.78, 5) is 1.87. The molecule has 13 heavy (non-hydrogen) atoms. The Kier molecular flexibility index (Phi) is 2.53. The molecule has 0 bridgehead atoms. The maximum atomic E-state index is 9.57. The number of ether oxygens (including phenoxy) is 1. The third kappa shape index (κ3) is 1.58. The number of piperidine rings is 1. The molecule has 0 unspecified atom stereocenters. The first-order valence-corrected chi connectivity index (χ1v) is 4.60. The number of aliphatic hydroxyl groups excluding tert-OH is 3. The summed E-state index contributed by atoms with van der Waals surface area (Å²) in [5, 5.41) is 28.3. The van der Waals surface area contributed by atoms with Crippen LogP contribution >= 0.6 is 0 Å². The van der Waals surface area contributed by atoms with Crippen LogP contribution in [0.3, 0.4) is 0 Å². The molecule has 2 saturated heterocycles. The molecule has 0 saturated carbocycles. The molecule has 2 fully saturated rings. The topological polar surface area (TPSA) is 73.2 Å². The Morgan fingerprint density at radius 2 is 1.92 bits per heavy atom. The fourth-order valence-corrected chi connectivity index (χ4v) is 1.96. The first kappa shape index (κ1) is 9.36. The highest BCUT2D eigenvalue weighted by molar-refractivity contribution is 4.91. The van der Waals surface area contributed by atoms with Gasteiger partial charge in [0, 0.05) is 13.1 Å². The van der Waals surface area contributed by atoms with Crippen LogP contribution in [0, 0.1) is 0 Å². The molecule has 0 aromatic heterocycles. The molecule has 2 rings (SSSR count). The van der Waals surface area contributed by atoms with Crippen molar-refractivity contribution in [1.29, 1.82) is 0 Å². The molecule has 5 heteroatoms. The maximum Gasteiger partial charge on any atom is 0.139 e. The molecule has 0 aliphatic carbocycles. The Hall–Kier alpha value is -0.200. The second kappa shape index (κ2) is 3.51. The van der Waals surface area contributed by atoms with Crippen molar-refractivity contribution in [1.82, 2.24) is 4.90 Å². The SMILES string of the molecule is O[C@@H]1[C@H](O)[C@@H]2OCCCN2C[C@H]1O. The van der Waals surface area contributed by atoms with Crippen LogP contribution in [-0.4, -0.2) is 64.5 Å². The minimum atomic E-state index is -1.08. The van der Waals surface area contributed by atoms with Gasteiger partial charge in [0.1, 0.15) is 18.4 Å². The van der Waals surface area contributed by atoms with Crippen LogP contribution in [0.2, 0.25) is 0 Å². The lowest BCUT2D eigenvalue weighted by atomic mass is 9.99. The molecule has 5 nitrogen and oxygen atoms in total. The fraction of sp³-hybridized carbons (Fsp3) is 1.00. The molecule has 0 spiro atoms. The molecular formula is C8H15NO4. The van der Waals surface area contributed by atoms with Crippen molar-refractivity contribution in [3.63, 3.8) is 0 Å². The predicted octanol–water partition coefficient (Wildman–Crippen LogP) is -1.87. The molecule has 4 atom stereocenters. The number of hydrogen-bond acceptors (Lipinski definition) is 5. The molecule has 0 aromatic rings. The van der Waals surface area contributed by atoms with Crippen molar-refractivity contribution in [3.8, 4) is 0 Å². The van der Waals surface area contributed by atoms with Gasteiger partial charge in [0.15, 0.2) is 0 Å². The van der Waals surface area contributed by atoms with E-state index in [1.165, 1.54) is 0 Å². The molecule has 2 heterocycles. The average molecular weight is 189 g/mol. The standard InChI is InChI=1S/C8H15NO4/c10-5-4-9-2-1-3-13-8(9)7(12)6(5)11/h5-8,10-12H,1-4H2/t5-,6+,7+,8+/m1/s1. The van der Waals surface area contributed by atoms with E-state index in [1.807, 2.05) is 4.90 Å². The molecule has 0 amide bonds. The van der Waals surface area contributed by atoms with Crippen LogP contribution in [0.1, 0.15) is 6.42 Å². The third-order valence-corrected chi connectivity index (χ3v) is 2.70. The monoisotopic (exact) mass is 189 g/mol. The Bertz CT molecular complexity index is 187. The van der Waals surface area contributed by atoms with E-state index in [0.29, 0.717) is 13.2 Å². The van der Waals surface area contributed by atoms with E-state index in [4.69, 9.17) is 4.74 Å². The van der Waals surface area contributed by atoms with Gasteiger partial charge in [-0.25, -0.2) is 0 Å². The van der Waals surface area contributed by atoms with Gasteiger partial charge >= 0.3 is 0 Å². The Morgan fingerprint density at radius 3 is 2.69 bits per heavy atom. The first-order valence-electron chi connectivity index (χ1n) is 4.60. The second-order valence-electron chi connectivity index (χ2n) is 3.66. The third-order valence-electron chi connectivity index (χ3n) is 2.70. The molecule has 0 radical (unpaired) electrons. The zero-order chi connectivity index (χ0) is 9.42. The summed E-state index contributed by atoms with van der Waals surface area (Å²) < 4.78 is 5.32. The highest BCUT2D eigenvalue weighted by Crippen LogP contribution is 2.22. The van der Waals surface area contributed by atoms with Crippen LogP contribution in [-0.2, 0) is 4.74 Å². The van der Waals surface area contributed by atoms with Crippen molar-refractivity contribution < 1.29 is 20.1 Å². The zero-order valence-corrected chi connectivity index (χ0v) is 7.33. The zero-order valence-electron chi connectivity index (χ0n) is 7.33. The van der Waals surface area contributed by atoms with E-state index in [2.05, 4.69) is 0 Å². The second-order valence-corrected chi connectivity index (χ2v) is 3.66. The van der Waals surface area contributed by atoms with Crippen molar-refractivity contribution >= 4 is 0 Å². The van der Waals surface area contributed by atoms with Crippen LogP contribution in [0.4, 0.5) is 0 Å². The molecule has 0 aromatic carbocycles. The number of nitrogens with zero attached hydrogens (tertiary/aromatic N) is 1. The summed E-state index contributed by atoms with van der Waals surface area (Å²) in [6.07, 6.45) is -2.48. The van der Waals surface area contributed by atoms with Gasteiger partial charge in [-0.1, -0.05) is 0 Å². The Morgan fingerprint density at radius 1 is 1.15 bits per heavy atom. The molecule has 2 aliphatic rings. The number of rotatable bonds is 0. The lowest BCUT2D eigenvalue weighted by Gasteiger charge is -2.45. The Balaban J connectivity index is 2.08. The number of fused-ring (bicyclic) bond motifs is 1. The summed E-state index contributed by atoms with van der Waals surface area (Å²) in [7, 11) is 0. The lowest BCUT2D eigenvalue weighted by molar-refractivity contribution is -0.228. The quantitative estimate of drug-likeness (QED) is 0.416. The fourth-order valence-electron chi connectivity index (χ4n) is 1.96. The molecule has 2 aliphatic heterocycles. The normalized spacial score (nSPS) is 47.3. The van der Waals surface area contributed by atoms with Crippen LogP contribution in [0.5, 0.6) is 0 Å². The first-order chi connectivity index (χ1) is 6.20. The number of aliphatic hydroxyl groups is 3. The van der Waals surface area contributed by atoms with E-state index in [1.54, 1.807) is 0 Å². The van der Waals surface area contributed by atoms with Crippen molar-refractivity contribution in [2.45, 2.75) is 31.0 Å². The van der Waals surface area contributed by atoms with Crippen molar-refractivity contribution in [2.24, 2.45) is 0 Å². The van der Waals surface area contributed by atoms with Gasteiger partial charge in [0.05, 0.1) is 12.7 Å². The minimum absolute atomic E-state index is 0.378. The van der Waals surface area contributed by atoms with Crippen LogP contribution in [0.15, 0.2) is 0 Å². The molecule has 76 valence electrons. The molecule has 3 N–H and O–H groups in total. The van der Waals surface area contributed by atoms with Gasteiger partial charge in [-0.15, -0.1) is 0 Å². The van der Waals surface area contributed by atoms with Crippen LogP contribution in [0.25, 0.3) is 0 Å². The summed E-state index contributed by atoms with van der Waals surface area (Å²) in [6, 6.07) is 0.